The zero-order chi connectivity index (χ0) is 12.8. The third-order valence-electron chi connectivity index (χ3n) is 3.02. The second-order valence-corrected chi connectivity index (χ2v) is 4.29. The number of carboxylic acid groups (broad SMARTS) is 1. The molecule has 1 rings (SSSR count). The molecule has 0 aliphatic rings. The normalized spacial score (nSPS) is 12.6. The first-order valence-corrected chi connectivity index (χ1v) is 6.00. The molecule has 0 amide bonds. The van der Waals surface area contributed by atoms with E-state index in [9.17, 15) is 4.79 Å². The molecule has 0 aliphatic carbocycles. The van der Waals surface area contributed by atoms with Crippen molar-refractivity contribution in [2.45, 2.75) is 45.7 Å². The number of nitrogens with one attached hydrogen (secondary N) is 1. The summed E-state index contributed by atoms with van der Waals surface area (Å²) in [6.07, 6.45) is 4.39. The van der Waals surface area contributed by atoms with Crippen LogP contribution < -0.4 is 5.32 Å². The van der Waals surface area contributed by atoms with Crippen molar-refractivity contribution in [3.63, 3.8) is 0 Å². The predicted octanol–water partition coefficient (Wildman–Crippen LogP) is 1.46. The van der Waals surface area contributed by atoms with E-state index in [4.69, 9.17) is 5.11 Å². The molecular weight excluding hydrogens is 218 g/mol. The molecular formula is C12H21N3O2. The van der Waals surface area contributed by atoms with Crippen LogP contribution in [0, 0.1) is 6.92 Å². The van der Waals surface area contributed by atoms with Gasteiger partial charge in [0.25, 0.3) is 0 Å². The van der Waals surface area contributed by atoms with Crippen LogP contribution >= 0.6 is 0 Å². The maximum atomic E-state index is 11.0. The van der Waals surface area contributed by atoms with Gasteiger partial charge in [0.1, 0.15) is 6.04 Å². The minimum Gasteiger partial charge on any atom is -0.480 e. The number of rotatable bonds is 7. The fourth-order valence-electron chi connectivity index (χ4n) is 1.67. The van der Waals surface area contributed by atoms with Crippen LogP contribution in [0.4, 0.5) is 0 Å². The Morgan fingerprint density at radius 3 is 2.82 bits per heavy atom. The summed E-state index contributed by atoms with van der Waals surface area (Å²) in [4.78, 5) is 11.0. The summed E-state index contributed by atoms with van der Waals surface area (Å²) in [6, 6.07) is -0.463. The van der Waals surface area contributed by atoms with Gasteiger partial charge in [0, 0.05) is 24.8 Å². The second kappa shape index (κ2) is 6.39. The molecule has 5 nitrogen and oxygen atoms in total. The molecule has 0 radical (unpaired) electrons. The summed E-state index contributed by atoms with van der Waals surface area (Å²) >= 11 is 0. The maximum Gasteiger partial charge on any atom is 0.320 e. The van der Waals surface area contributed by atoms with E-state index in [0.29, 0.717) is 13.0 Å². The average Bonchev–Trinajstić information content (AvgIpc) is 2.60. The van der Waals surface area contributed by atoms with Crippen molar-refractivity contribution >= 4 is 5.97 Å². The van der Waals surface area contributed by atoms with E-state index in [1.807, 2.05) is 14.0 Å². The minimum absolute atomic E-state index is 0.463. The van der Waals surface area contributed by atoms with Crippen LogP contribution in [0.2, 0.25) is 0 Å². The molecule has 1 atom stereocenters. The van der Waals surface area contributed by atoms with E-state index in [-0.39, 0.29) is 0 Å². The lowest BCUT2D eigenvalue weighted by atomic mass is 10.1. The number of carboxylic acids is 1. The summed E-state index contributed by atoms with van der Waals surface area (Å²) in [5.41, 5.74) is 2.12. The number of nitrogens with zero attached hydrogens (tertiary/aromatic N) is 2. The molecule has 1 aromatic rings. The number of hydrogen-bond donors (Lipinski definition) is 2. The highest BCUT2D eigenvalue weighted by Gasteiger charge is 2.16. The predicted molar refractivity (Wildman–Crippen MR) is 65.7 cm³/mol. The van der Waals surface area contributed by atoms with E-state index in [0.717, 1.165) is 24.1 Å². The van der Waals surface area contributed by atoms with Crippen LogP contribution in [-0.2, 0) is 18.4 Å². The summed E-state index contributed by atoms with van der Waals surface area (Å²) in [5, 5.41) is 16.3. The van der Waals surface area contributed by atoms with Gasteiger partial charge >= 0.3 is 5.97 Å². The highest BCUT2D eigenvalue weighted by atomic mass is 16.4. The highest BCUT2D eigenvalue weighted by molar-refractivity contribution is 5.73. The molecule has 0 fully saturated rings. The number of hydrogen-bond acceptors (Lipinski definition) is 3. The Morgan fingerprint density at radius 1 is 1.65 bits per heavy atom. The highest BCUT2D eigenvalue weighted by Crippen LogP contribution is 2.07. The van der Waals surface area contributed by atoms with Gasteiger partial charge in [-0.05, 0) is 13.3 Å². The van der Waals surface area contributed by atoms with Gasteiger partial charge < -0.3 is 10.4 Å². The van der Waals surface area contributed by atoms with Gasteiger partial charge in [-0.2, -0.15) is 5.10 Å². The fraction of sp³-hybridized carbons (Fsp3) is 0.667. The van der Waals surface area contributed by atoms with Gasteiger partial charge in [-0.25, -0.2) is 0 Å². The van der Waals surface area contributed by atoms with Crippen LogP contribution in [0.5, 0.6) is 0 Å². The number of carbonyl (C=O) groups is 1. The standard InChI is InChI=1S/C12H21N3O2/c1-4-5-6-11(12(16)17)13-7-10-8-14-15(3)9(10)2/h8,11,13H,4-7H2,1-3H3,(H,16,17). The molecule has 1 aromatic heterocycles. The Kier molecular flexibility index (Phi) is 5.15. The lowest BCUT2D eigenvalue weighted by Crippen LogP contribution is -2.36. The second-order valence-electron chi connectivity index (χ2n) is 4.29. The van der Waals surface area contributed by atoms with Crippen molar-refractivity contribution in [1.82, 2.24) is 15.1 Å². The van der Waals surface area contributed by atoms with Crippen LogP contribution in [0.15, 0.2) is 6.20 Å². The molecule has 0 saturated heterocycles. The third-order valence-corrected chi connectivity index (χ3v) is 3.02. The molecule has 2 N–H and O–H groups in total. The lowest BCUT2D eigenvalue weighted by molar-refractivity contribution is -0.139. The molecule has 0 aromatic carbocycles. The Morgan fingerprint density at radius 2 is 2.35 bits per heavy atom. The summed E-state index contributed by atoms with van der Waals surface area (Å²) < 4.78 is 1.79. The van der Waals surface area contributed by atoms with Gasteiger partial charge in [-0.3, -0.25) is 9.48 Å². The van der Waals surface area contributed by atoms with Crippen molar-refractivity contribution in [2.75, 3.05) is 0 Å². The molecule has 1 heterocycles. The first-order valence-electron chi connectivity index (χ1n) is 6.00. The van der Waals surface area contributed by atoms with E-state index >= 15 is 0 Å². The molecule has 5 heteroatoms. The number of aryl methyl sites for hydroxylation is 1. The Labute approximate surface area is 102 Å². The third kappa shape index (κ3) is 3.85. The van der Waals surface area contributed by atoms with Crippen molar-refractivity contribution < 1.29 is 9.90 Å². The smallest absolute Gasteiger partial charge is 0.320 e. The first-order chi connectivity index (χ1) is 8.06. The van der Waals surface area contributed by atoms with Gasteiger partial charge in [0.15, 0.2) is 0 Å². The summed E-state index contributed by atoms with van der Waals surface area (Å²) in [7, 11) is 1.88. The zero-order valence-electron chi connectivity index (χ0n) is 10.7. The first kappa shape index (κ1) is 13.7. The molecule has 1 unspecified atom stereocenters. The van der Waals surface area contributed by atoms with Gasteiger partial charge in [0.2, 0.25) is 0 Å². The molecule has 0 bridgehead atoms. The lowest BCUT2D eigenvalue weighted by Gasteiger charge is -2.13. The van der Waals surface area contributed by atoms with Crippen LogP contribution in [0.1, 0.15) is 37.4 Å². The van der Waals surface area contributed by atoms with E-state index < -0.39 is 12.0 Å². The van der Waals surface area contributed by atoms with E-state index in [1.165, 1.54) is 0 Å². The maximum absolute atomic E-state index is 11.0. The molecule has 17 heavy (non-hydrogen) atoms. The fourth-order valence-corrected chi connectivity index (χ4v) is 1.67. The summed E-state index contributed by atoms with van der Waals surface area (Å²) in [6.45, 7) is 4.59. The van der Waals surface area contributed by atoms with Gasteiger partial charge in [0.05, 0.1) is 6.20 Å². The Hall–Kier alpha value is -1.36. The number of unbranched alkanes of at least 4 members (excludes halogenated alkanes) is 1. The summed E-state index contributed by atoms with van der Waals surface area (Å²) in [5.74, 6) is -0.778. The van der Waals surface area contributed by atoms with Crippen molar-refractivity contribution in [2.24, 2.45) is 7.05 Å². The largest absolute Gasteiger partial charge is 0.480 e. The number of aliphatic carboxylic acids is 1. The quantitative estimate of drug-likeness (QED) is 0.756. The van der Waals surface area contributed by atoms with Crippen LogP contribution in [-0.4, -0.2) is 26.9 Å². The van der Waals surface area contributed by atoms with E-state index in [2.05, 4.69) is 17.3 Å². The Bertz CT molecular complexity index is 374. The topological polar surface area (TPSA) is 67.2 Å². The van der Waals surface area contributed by atoms with Crippen molar-refractivity contribution in [3.8, 4) is 0 Å². The molecule has 0 spiro atoms. The van der Waals surface area contributed by atoms with Crippen LogP contribution in [0.3, 0.4) is 0 Å². The molecule has 96 valence electrons. The minimum atomic E-state index is -0.778. The zero-order valence-corrected chi connectivity index (χ0v) is 10.7. The van der Waals surface area contributed by atoms with Crippen molar-refractivity contribution in [1.29, 1.82) is 0 Å². The molecule has 0 aliphatic heterocycles. The average molecular weight is 239 g/mol. The number of aromatic nitrogens is 2. The SMILES string of the molecule is CCCCC(NCc1cnn(C)c1C)C(=O)O. The molecule has 0 saturated carbocycles. The van der Waals surface area contributed by atoms with Crippen molar-refractivity contribution in [3.05, 3.63) is 17.5 Å². The van der Waals surface area contributed by atoms with Gasteiger partial charge in [-0.1, -0.05) is 19.8 Å². The monoisotopic (exact) mass is 239 g/mol. The van der Waals surface area contributed by atoms with Gasteiger partial charge in [-0.15, -0.1) is 0 Å². The Balaban J connectivity index is 2.51. The van der Waals surface area contributed by atoms with E-state index in [1.54, 1.807) is 10.9 Å². The van der Waals surface area contributed by atoms with Crippen LogP contribution in [0.25, 0.3) is 0 Å².